The van der Waals surface area contributed by atoms with Crippen LogP contribution in [0.1, 0.15) is 13.3 Å². The average Bonchev–Trinajstić information content (AvgIpc) is 1.99. The average molecular weight is 156 g/mol. The van der Waals surface area contributed by atoms with E-state index >= 15 is 0 Å². The number of nitrogens with zero attached hydrogens (tertiary/aromatic N) is 1. The van der Waals surface area contributed by atoms with Gasteiger partial charge < -0.3 is 10.1 Å². The summed E-state index contributed by atoms with van der Waals surface area (Å²) in [6.45, 7) is 3.52. The van der Waals surface area contributed by atoms with E-state index in [0.717, 1.165) is 0 Å². The molecule has 0 aliphatic rings. The summed E-state index contributed by atoms with van der Waals surface area (Å²) < 4.78 is 4.96. The van der Waals surface area contributed by atoms with Crippen LogP contribution in [0.4, 0.5) is 0 Å². The molecule has 0 atom stereocenters. The van der Waals surface area contributed by atoms with E-state index < -0.39 is 0 Å². The molecule has 62 valence electrons. The molecule has 0 saturated carbocycles. The third kappa shape index (κ3) is 6.81. The van der Waals surface area contributed by atoms with Crippen LogP contribution < -0.4 is 5.32 Å². The van der Waals surface area contributed by atoms with E-state index in [4.69, 9.17) is 10.00 Å². The maximum Gasteiger partial charge on any atom is 0.234 e. The van der Waals surface area contributed by atoms with E-state index in [0.29, 0.717) is 19.8 Å². The molecule has 0 rings (SSSR count). The Hall–Kier alpha value is -1.08. The SMILES string of the molecule is CCOCCNC(=O)CC#N. The Morgan fingerprint density at radius 3 is 3.00 bits per heavy atom. The summed E-state index contributed by atoms with van der Waals surface area (Å²) in [5, 5.41) is 10.6. The molecule has 4 nitrogen and oxygen atoms in total. The molecule has 0 aliphatic carbocycles. The van der Waals surface area contributed by atoms with Crippen LogP contribution in [0, 0.1) is 11.3 Å². The first-order chi connectivity index (χ1) is 5.31. The quantitative estimate of drug-likeness (QED) is 0.572. The van der Waals surface area contributed by atoms with Gasteiger partial charge >= 0.3 is 0 Å². The summed E-state index contributed by atoms with van der Waals surface area (Å²) in [5.41, 5.74) is 0. The summed E-state index contributed by atoms with van der Waals surface area (Å²) in [4.78, 5) is 10.6. The maximum atomic E-state index is 10.6. The van der Waals surface area contributed by atoms with Gasteiger partial charge in [-0.05, 0) is 6.92 Å². The van der Waals surface area contributed by atoms with Crippen molar-refractivity contribution in [2.24, 2.45) is 0 Å². The van der Waals surface area contributed by atoms with Crippen molar-refractivity contribution in [3.8, 4) is 6.07 Å². The Labute approximate surface area is 66.1 Å². The summed E-state index contributed by atoms with van der Waals surface area (Å²) in [7, 11) is 0. The molecule has 0 bridgehead atoms. The van der Waals surface area contributed by atoms with E-state index in [-0.39, 0.29) is 12.3 Å². The lowest BCUT2D eigenvalue weighted by Crippen LogP contribution is -2.26. The zero-order valence-corrected chi connectivity index (χ0v) is 6.59. The molecule has 0 radical (unpaired) electrons. The molecule has 0 saturated heterocycles. The van der Waals surface area contributed by atoms with E-state index in [2.05, 4.69) is 5.32 Å². The topological polar surface area (TPSA) is 62.1 Å². The highest BCUT2D eigenvalue weighted by Crippen LogP contribution is 1.75. The summed E-state index contributed by atoms with van der Waals surface area (Å²) in [6, 6.07) is 1.76. The molecule has 11 heavy (non-hydrogen) atoms. The Kier molecular flexibility index (Phi) is 6.34. The molecule has 0 fully saturated rings. The number of nitrogens with one attached hydrogen (secondary N) is 1. The first kappa shape index (κ1) is 9.92. The van der Waals surface area contributed by atoms with Gasteiger partial charge in [-0.25, -0.2) is 0 Å². The summed E-state index contributed by atoms with van der Waals surface area (Å²) >= 11 is 0. The van der Waals surface area contributed by atoms with Crippen LogP contribution in [0.3, 0.4) is 0 Å². The van der Waals surface area contributed by atoms with Crippen molar-refractivity contribution in [3.63, 3.8) is 0 Å². The highest BCUT2D eigenvalue weighted by molar-refractivity contribution is 5.77. The largest absolute Gasteiger partial charge is 0.380 e. The Bertz CT molecular complexity index is 151. The lowest BCUT2D eigenvalue weighted by molar-refractivity contribution is -0.120. The van der Waals surface area contributed by atoms with Crippen molar-refractivity contribution >= 4 is 5.91 Å². The molecule has 0 aromatic heterocycles. The van der Waals surface area contributed by atoms with Gasteiger partial charge in [-0.1, -0.05) is 0 Å². The van der Waals surface area contributed by atoms with E-state index in [1.807, 2.05) is 6.92 Å². The van der Waals surface area contributed by atoms with Crippen molar-refractivity contribution in [3.05, 3.63) is 0 Å². The standard InChI is InChI=1S/C7H12N2O2/c1-2-11-6-5-9-7(10)3-4-8/h2-3,5-6H2,1H3,(H,9,10). The first-order valence-corrected chi connectivity index (χ1v) is 3.52. The van der Waals surface area contributed by atoms with Crippen LogP contribution >= 0.6 is 0 Å². The highest BCUT2D eigenvalue weighted by atomic mass is 16.5. The van der Waals surface area contributed by atoms with Gasteiger partial charge in [0.25, 0.3) is 0 Å². The number of carbonyl (C=O) groups excluding carboxylic acids is 1. The fraction of sp³-hybridized carbons (Fsp3) is 0.714. The van der Waals surface area contributed by atoms with Crippen molar-refractivity contribution in [1.82, 2.24) is 5.32 Å². The molecule has 0 aliphatic heterocycles. The van der Waals surface area contributed by atoms with Crippen LogP contribution in [0.15, 0.2) is 0 Å². The molecule has 0 aromatic carbocycles. The number of amides is 1. The minimum absolute atomic E-state index is 0.0773. The van der Waals surface area contributed by atoms with Crippen molar-refractivity contribution in [1.29, 1.82) is 5.26 Å². The maximum absolute atomic E-state index is 10.6. The molecule has 4 heteroatoms. The van der Waals surface area contributed by atoms with Gasteiger partial charge in [-0.3, -0.25) is 4.79 Å². The fourth-order valence-electron chi connectivity index (χ4n) is 0.541. The molecule has 1 N–H and O–H groups in total. The Balaban J connectivity index is 3.12. The Morgan fingerprint density at radius 2 is 2.45 bits per heavy atom. The van der Waals surface area contributed by atoms with Crippen LogP contribution in [0.5, 0.6) is 0 Å². The van der Waals surface area contributed by atoms with Crippen LogP contribution in [-0.4, -0.2) is 25.7 Å². The van der Waals surface area contributed by atoms with E-state index in [1.54, 1.807) is 6.07 Å². The van der Waals surface area contributed by atoms with Gasteiger partial charge in [0.1, 0.15) is 6.42 Å². The number of ether oxygens (including phenoxy) is 1. The fourth-order valence-corrected chi connectivity index (χ4v) is 0.541. The second-order valence-corrected chi connectivity index (χ2v) is 1.88. The summed E-state index contributed by atoms with van der Waals surface area (Å²) in [5.74, 6) is -0.243. The molecule has 0 heterocycles. The van der Waals surface area contributed by atoms with Crippen molar-refractivity contribution in [2.75, 3.05) is 19.8 Å². The van der Waals surface area contributed by atoms with Gasteiger partial charge in [0.05, 0.1) is 12.7 Å². The minimum Gasteiger partial charge on any atom is -0.380 e. The third-order valence-corrected chi connectivity index (χ3v) is 1.01. The third-order valence-electron chi connectivity index (χ3n) is 1.01. The second-order valence-electron chi connectivity index (χ2n) is 1.88. The predicted octanol–water partition coefficient (Wildman–Crippen LogP) is 0.0528. The molecule has 0 spiro atoms. The normalized spacial score (nSPS) is 8.73. The number of hydrogen-bond acceptors (Lipinski definition) is 3. The van der Waals surface area contributed by atoms with Gasteiger partial charge in [-0.15, -0.1) is 0 Å². The molecule has 1 amide bonds. The van der Waals surface area contributed by atoms with Crippen molar-refractivity contribution < 1.29 is 9.53 Å². The van der Waals surface area contributed by atoms with Crippen molar-refractivity contribution in [2.45, 2.75) is 13.3 Å². The van der Waals surface area contributed by atoms with Gasteiger partial charge in [-0.2, -0.15) is 5.26 Å². The summed E-state index contributed by atoms with van der Waals surface area (Å²) in [6.07, 6.45) is -0.0773. The number of hydrogen-bond donors (Lipinski definition) is 1. The molecular weight excluding hydrogens is 144 g/mol. The molecular formula is C7H12N2O2. The highest BCUT2D eigenvalue weighted by Gasteiger charge is 1.96. The lowest BCUT2D eigenvalue weighted by atomic mass is 10.4. The number of rotatable bonds is 5. The zero-order chi connectivity index (χ0) is 8.53. The van der Waals surface area contributed by atoms with Gasteiger partial charge in [0, 0.05) is 13.2 Å². The van der Waals surface area contributed by atoms with E-state index in [9.17, 15) is 4.79 Å². The smallest absolute Gasteiger partial charge is 0.234 e. The van der Waals surface area contributed by atoms with Gasteiger partial charge in [0.15, 0.2) is 0 Å². The minimum atomic E-state index is -0.243. The molecule has 0 unspecified atom stereocenters. The second kappa shape index (κ2) is 7.03. The zero-order valence-electron chi connectivity index (χ0n) is 6.59. The first-order valence-electron chi connectivity index (χ1n) is 3.52. The lowest BCUT2D eigenvalue weighted by Gasteiger charge is -2.01. The van der Waals surface area contributed by atoms with Crippen LogP contribution in [-0.2, 0) is 9.53 Å². The van der Waals surface area contributed by atoms with Crippen LogP contribution in [0.2, 0.25) is 0 Å². The monoisotopic (exact) mass is 156 g/mol. The Morgan fingerprint density at radius 1 is 1.73 bits per heavy atom. The molecule has 0 aromatic rings. The van der Waals surface area contributed by atoms with Gasteiger partial charge in [0.2, 0.25) is 5.91 Å². The predicted molar refractivity (Wildman–Crippen MR) is 39.7 cm³/mol. The number of carbonyl (C=O) groups is 1. The van der Waals surface area contributed by atoms with Crippen LogP contribution in [0.25, 0.3) is 0 Å². The number of nitriles is 1. The van der Waals surface area contributed by atoms with E-state index in [1.165, 1.54) is 0 Å².